The predicted molar refractivity (Wildman–Crippen MR) is 60.7 cm³/mol. The van der Waals surface area contributed by atoms with E-state index < -0.39 is 0 Å². The molecule has 0 aliphatic heterocycles. The molecule has 0 aliphatic carbocycles. The maximum Gasteiger partial charge on any atom is 0.184 e. The number of phenols is 2. The summed E-state index contributed by atoms with van der Waals surface area (Å²) in [6, 6.07) is 11.9. The van der Waals surface area contributed by atoms with E-state index in [4.69, 9.17) is 10.5 Å². The van der Waals surface area contributed by atoms with Crippen LogP contribution in [-0.4, -0.2) is 10.2 Å². The molecule has 2 aromatic carbocycles. The first kappa shape index (κ1) is 10.2. The quantitative estimate of drug-likeness (QED) is 0.533. The van der Waals surface area contributed by atoms with Gasteiger partial charge in [-0.1, -0.05) is 18.2 Å². The summed E-state index contributed by atoms with van der Waals surface area (Å²) in [7, 11) is 0. The standard InChI is InChI=1S/C12H11NO3/c13-11-10(7-6-9(14)12(11)15)16-8-4-2-1-3-5-8/h1-7,14-15H,13H2. The highest BCUT2D eigenvalue weighted by atomic mass is 16.5. The van der Waals surface area contributed by atoms with E-state index in [-0.39, 0.29) is 17.2 Å². The fourth-order valence-corrected chi connectivity index (χ4v) is 1.28. The smallest absolute Gasteiger partial charge is 0.184 e. The number of hydrogen-bond acceptors (Lipinski definition) is 4. The Hall–Kier alpha value is -2.36. The van der Waals surface area contributed by atoms with Crippen molar-refractivity contribution >= 4 is 5.69 Å². The van der Waals surface area contributed by atoms with Gasteiger partial charge >= 0.3 is 0 Å². The zero-order chi connectivity index (χ0) is 11.5. The Labute approximate surface area is 92.5 Å². The second kappa shape index (κ2) is 4.02. The normalized spacial score (nSPS) is 10.0. The summed E-state index contributed by atoms with van der Waals surface area (Å²) in [6.45, 7) is 0. The van der Waals surface area contributed by atoms with E-state index in [9.17, 15) is 10.2 Å². The molecule has 4 N–H and O–H groups in total. The molecule has 0 aromatic heterocycles. The third-order valence-corrected chi connectivity index (χ3v) is 2.13. The van der Waals surface area contributed by atoms with Gasteiger partial charge in [0.05, 0.1) is 0 Å². The number of aromatic hydroxyl groups is 2. The van der Waals surface area contributed by atoms with Crippen LogP contribution in [0.1, 0.15) is 0 Å². The third-order valence-electron chi connectivity index (χ3n) is 2.13. The average molecular weight is 217 g/mol. The first-order valence-electron chi connectivity index (χ1n) is 4.72. The number of rotatable bonds is 2. The molecule has 0 unspecified atom stereocenters. The van der Waals surface area contributed by atoms with Gasteiger partial charge in [-0.2, -0.15) is 0 Å². The van der Waals surface area contributed by atoms with Crippen LogP contribution in [-0.2, 0) is 0 Å². The first-order chi connectivity index (χ1) is 7.68. The zero-order valence-corrected chi connectivity index (χ0v) is 8.42. The highest BCUT2D eigenvalue weighted by Gasteiger charge is 2.10. The van der Waals surface area contributed by atoms with Gasteiger partial charge in [0.25, 0.3) is 0 Å². The predicted octanol–water partition coefficient (Wildman–Crippen LogP) is 2.47. The second-order valence-corrected chi connectivity index (χ2v) is 3.26. The number of phenolic OH excluding ortho intramolecular Hbond substituents is 2. The Balaban J connectivity index is 2.33. The number of ether oxygens (including phenoxy) is 1. The minimum Gasteiger partial charge on any atom is -0.504 e. The number of nitrogens with two attached hydrogens (primary N) is 1. The van der Waals surface area contributed by atoms with Crippen molar-refractivity contribution in [1.82, 2.24) is 0 Å². The Morgan fingerprint density at radius 3 is 2.31 bits per heavy atom. The van der Waals surface area contributed by atoms with Crippen LogP contribution in [0.5, 0.6) is 23.0 Å². The number of hydrogen-bond donors (Lipinski definition) is 3. The van der Waals surface area contributed by atoms with Crippen molar-refractivity contribution in [3.8, 4) is 23.0 Å². The summed E-state index contributed by atoms with van der Waals surface area (Å²) >= 11 is 0. The Kier molecular flexibility index (Phi) is 2.55. The van der Waals surface area contributed by atoms with E-state index in [2.05, 4.69) is 0 Å². The maximum absolute atomic E-state index is 9.41. The van der Waals surface area contributed by atoms with Crippen LogP contribution < -0.4 is 10.5 Å². The van der Waals surface area contributed by atoms with E-state index in [0.29, 0.717) is 11.5 Å². The molecule has 2 rings (SSSR count). The largest absolute Gasteiger partial charge is 0.504 e. The second-order valence-electron chi connectivity index (χ2n) is 3.26. The molecule has 0 fully saturated rings. The van der Waals surface area contributed by atoms with Gasteiger partial charge in [0.2, 0.25) is 0 Å². The van der Waals surface area contributed by atoms with E-state index in [1.807, 2.05) is 18.2 Å². The van der Waals surface area contributed by atoms with Gasteiger partial charge in [0.15, 0.2) is 17.2 Å². The van der Waals surface area contributed by atoms with Crippen molar-refractivity contribution in [3.05, 3.63) is 42.5 Å². The topological polar surface area (TPSA) is 75.7 Å². The van der Waals surface area contributed by atoms with Gasteiger partial charge in [-0.3, -0.25) is 0 Å². The molecule has 0 amide bonds. The molecule has 0 spiro atoms. The Bertz CT molecular complexity index is 497. The highest BCUT2D eigenvalue weighted by Crippen LogP contribution is 2.39. The minimum atomic E-state index is -0.367. The van der Waals surface area contributed by atoms with Crippen molar-refractivity contribution in [2.75, 3.05) is 5.73 Å². The summed E-state index contributed by atoms with van der Waals surface area (Å²) in [5.74, 6) is 0.284. The van der Waals surface area contributed by atoms with Gasteiger partial charge in [-0.05, 0) is 24.3 Å². The van der Waals surface area contributed by atoms with Crippen LogP contribution in [0.2, 0.25) is 0 Å². The highest BCUT2D eigenvalue weighted by molar-refractivity contribution is 5.67. The molecule has 4 nitrogen and oxygen atoms in total. The SMILES string of the molecule is Nc1c(Oc2ccccc2)ccc(O)c1O. The molecule has 16 heavy (non-hydrogen) atoms. The number of benzene rings is 2. The summed E-state index contributed by atoms with van der Waals surface area (Å²) in [6.07, 6.45) is 0. The third kappa shape index (κ3) is 1.86. The maximum atomic E-state index is 9.41. The number of para-hydroxylation sites is 1. The summed E-state index contributed by atoms with van der Waals surface area (Å²) in [5, 5.41) is 18.6. The van der Waals surface area contributed by atoms with Crippen LogP contribution in [0, 0.1) is 0 Å². The van der Waals surface area contributed by atoms with Crippen molar-refractivity contribution in [3.63, 3.8) is 0 Å². The van der Waals surface area contributed by atoms with E-state index in [1.54, 1.807) is 12.1 Å². The van der Waals surface area contributed by atoms with Crippen LogP contribution >= 0.6 is 0 Å². The van der Waals surface area contributed by atoms with Gasteiger partial charge in [-0.15, -0.1) is 0 Å². The molecule has 0 saturated heterocycles. The molecule has 0 bridgehead atoms. The molecule has 2 aromatic rings. The fraction of sp³-hybridized carbons (Fsp3) is 0. The van der Waals surface area contributed by atoms with Crippen molar-refractivity contribution in [2.24, 2.45) is 0 Å². The van der Waals surface area contributed by atoms with Crippen LogP contribution in [0.15, 0.2) is 42.5 Å². The molecule has 4 heteroatoms. The molecular weight excluding hydrogens is 206 g/mol. The molecule has 0 aliphatic rings. The van der Waals surface area contributed by atoms with Crippen molar-refractivity contribution in [2.45, 2.75) is 0 Å². The van der Waals surface area contributed by atoms with Crippen molar-refractivity contribution < 1.29 is 14.9 Å². The molecular formula is C12H11NO3. The summed E-state index contributed by atoms with van der Waals surface area (Å²) in [4.78, 5) is 0. The van der Waals surface area contributed by atoms with Crippen LogP contribution in [0.4, 0.5) is 5.69 Å². The summed E-state index contributed by atoms with van der Waals surface area (Å²) in [5.41, 5.74) is 5.61. The average Bonchev–Trinajstić information content (AvgIpc) is 2.31. The zero-order valence-electron chi connectivity index (χ0n) is 8.42. The van der Waals surface area contributed by atoms with E-state index >= 15 is 0 Å². The lowest BCUT2D eigenvalue weighted by Crippen LogP contribution is -1.92. The summed E-state index contributed by atoms with van der Waals surface area (Å²) < 4.78 is 5.45. The molecule has 0 radical (unpaired) electrons. The lowest BCUT2D eigenvalue weighted by atomic mass is 10.2. The number of nitrogen functional groups attached to an aromatic ring is 1. The molecule has 0 heterocycles. The van der Waals surface area contributed by atoms with E-state index in [0.717, 1.165) is 0 Å². The lowest BCUT2D eigenvalue weighted by Gasteiger charge is -2.10. The number of anilines is 1. The van der Waals surface area contributed by atoms with Crippen LogP contribution in [0.3, 0.4) is 0 Å². The molecule has 82 valence electrons. The van der Waals surface area contributed by atoms with Crippen molar-refractivity contribution in [1.29, 1.82) is 0 Å². The van der Waals surface area contributed by atoms with Gasteiger partial charge in [0, 0.05) is 0 Å². The van der Waals surface area contributed by atoms with E-state index in [1.165, 1.54) is 12.1 Å². The molecule has 0 saturated carbocycles. The fourth-order valence-electron chi connectivity index (χ4n) is 1.28. The van der Waals surface area contributed by atoms with Gasteiger partial charge < -0.3 is 20.7 Å². The van der Waals surface area contributed by atoms with Crippen LogP contribution in [0.25, 0.3) is 0 Å². The lowest BCUT2D eigenvalue weighted by molar-refractivity contribution is 0.400. The van der Waals surface area contributed by atoms with Gasteiger partial charge in [0.1, 0.15) is 11.4 Å². The molecule has 0 atom stereocenters. The Morgan fingerprint density at radius 2 is 1.62 bits per heavy atom. The van der Waals surface area contributed by atoms with Gasteiger partial charge in [-0.25, -0.2) is 0 Å². The first-order valence-corrected chi connectivity index (χ1v) is 4.72. The monoisotopic (exact) mass is 217 g/mol. The minimum absolute atomic E-state index is 0.0175. The Morgan fingerprint density at radius 1 is 0.938 bits per heavy atom.